The topological polar surface area (TPSA) is 67.4 Å². The predicted molar refractivity (Wildman–Crippen MR) is 53.1 cm³/mol. The van der Waals surface area contributed by atoms with Gasteiger partial charge in [-0.2, -0.15) is 0 Å². The molecule has 2 fully saturated rings. The number of hydrogen-bond acceptors (Lipinski definition) is 3. The fraction of sp³-hybridized carbons (Fsp3) is 0.800. The van der Waals surface area contributed by atoms with Crippen LogP contribution in [0, 0.1) is 5.92 Å². The highest BCUT2D eigenvalue weighted by Gasteiger charge is 2.29. The summed E-state index contributed by atoms with van der Waals surface area (Å²) in [5.74, 6) is -0.206. The molecule has 0 spiro atoms. The fourth-order valence-electron chi connectivity index (χ4n) is 1.95. The molecule has 0 radical (unpaired) electrons. The summed E-state index contributed by atoms with van der Waals surface area (Å²) in [6.07, 6.45) is 2.08. The van der Waals surface area contributed by atoms with Crippen molar-refractivity contribution in [2.24, 2.45) is 5.92 Å². The number of ether oxygens (including phenoxy) is 1. The lowest BCUT2D eigenvalue weighted by molar-refractivity contribution is -0.127. The summed E-state index contributed by atoms with van der Waals surface area (Å²) < 4.78 is 5.21. The van der Waals surface area contributed by atoms with Gasteiger partial charge < -0.3 is 15.4 Å². The van der Waals surface area contributed by atoms with Crippen molar-refractivity contribution in [1.29, 1.82) is 0 Å². The monoisotopic (exact) mass is 212 g/mol. The molecule has 2 saturated heterocycles. The molecule has 1 unspecified atom stereocenters. The Hall–Kier alpha value is -1.10. The molecule has 2 heterocycles. The van der Waals surface area contributed by atoms with Crippen molar-refractivity contribution in [3.8, 4) is 0 Å². The molecule has 0 aromatic carbocycles. The zero-order valence-electron chi connectivity index (χ0n) is 8.62. The lowest BCUT2D eigenvalue weighted by Gasteiger charge is -2.24. The van der Waals surface area contributed by atoms with Crippen LogP contribution in [0.2, 0.25) is 0 Å². The second-order valence-corrected chi connectivity index (χ2v) is 4.10. The summed E-state index contributed by atoms with van der Waals surface area (Å²) in [7, 11) is 0. The van der Waals surface area contributed by atoms with Crippen LogP contribution in [0.4, 0.5) is 0 Å². The first kappa shape index (κ1) is 10.4. The maximum absolute atomic E-state index is 11.7. The van der Waals surface area contributed by atoms with Gasteiger partial charge in [0, 0.05) is 32.2 Å². The SMILES string of the molecule is O=C1CC(C(=O)NC2CCOCC2)CN1. The van der Waals surface area contributed by atoms with Gasteiger partial charge in [-0.05, 0) is 12.8 Å². The molecule has 15 heavy (non-hydrogen) atoms. The quantitative estimate of drug-likeness (QED) is 0.643. The van der Waals surface area contributed by atoms with Gasteiger partial charge in [-0.25, -0.2) is 0 Å². The minimum atomic E-state index is -0.180. The maximum atomic E-state index is 11.7. The van der Waals surface area contributed by atoms with E-state index in [-0.39, 0.29) is 23.8 Å². The number of carbonyl (C=O) groups is 2. The van der Waals surface area contributed by atoms with Crippen LogP contribution in [0.25, 0.3) is 0 Å². The summed E-state index contributed by atoms with van der Waals surface area (Å²) in [6, 6.07) is 0.224. The van der Waals surface area contributed by atoms with E-state index in [9.17, 15) is 9.59 Å². The molecule has 2 rings (SSSR count). The fourth-order valence-corrected chi connectivity index (χ4v) is 1.95. The van der Waals surface area contributed by atoms with Gasteiger partial charge in [0.2, 0.25) is 11.8 Å². The Morgan fingerprint density at radius 2 is 2.13 bits per heavy atom. The lowest BCUT2D eigenvalue weighted by atomic mass is 10.1. The molecule has 0 aromatic rings. The van der Waals surface area contributed by atoms with Gasteiger partial charge in [-0.1, -0.05) is 0 Å². The molecule has 0 bridgehead atoms. The van der Waals surface area contributed by atoms with Gasteiger partial charge in [0.15, 0.2) is 0 Å². The summed E-state index contributed by atoms with van der Waals surface area (Å²) in [5, 5.41) is 5.63. The second-order valence-electron chi connectivity index (χ2n) is 4.10. The summed E-state index contributed by atoms with van der Waals surface area (Å²) in [6.45, 7) is 1.91. The predicted octanol–water partition coefficient (Wildman–Crippen LogP) is -0.582. The molecule has 0 saturated carbocycles. The molecule has 1 atom stereocenters. The third-order valence-corrected chi connectivity index (χ3v) is 2.92. The Morgan fingerprint density at radius 3 is 2.73 bits per heavy atom. The number of nitrogens with one attached hydrogen (secondary N) is 2. The Morgan fingerprint density at radius 1 is 1.40 bits per heavy atom. The third-order valence-electron chi connectivity index (χ3n) is 2.92. The molecule has 2 N–H and O–H groups in total. The van der Waals surface area contributed by atoms with Gasteiger partial charge >= 0.3 is 0 Å². The van der Waals surface area contributed by atoms with Crippen LogP contribution in [0.15, 0.2) is 0 Å². The number of amides is 2. The third kappa shape index (κ3) is 2.68. The van der Waals surface area contributed by atoms with Crippen molar-refractivity contribution in [2.75, 3.05) is 19.8 Å². The van der Waals surface area contributed by atoms with Crippen molar-refractivity contribution in [1.82, 2.24) is 10.6 Å². The Bertz CT molecular complexity index is 261. The Labute approximate surface area is 88.5 Å². The van der Waals surface area contributed by atoms with Crippen molar-refractivity contribution in [2.45, 2.75) is 25.3 Å². The van der Waals surface area contributed by atoms with E-state index in [4.69, 9.17) is 4.74 Å². The van der Waals surface area contributed by atoms with E-state index in [1.165, 1.54) is 0 Å². The molecule has 0 aromatic heterocycles. The van der Waals surface area contributed by atoms with Crippen LogP contribution in [-0.2, 0) is 14.3 Å². The van der Waals surface area contributed by atoms with Crippen LogP contribution in [-0.4, -0.2) is 37.6 Å². The second kappa shape index (κ2) is 4.61. The molecule has 2 aliphatic rings. The summed E-state index contributed by atoms with van der Waals surface area (Å²) in [4.78, 5) is 22.7. The van der Waals surface area contributed by atoms with Crippen LogP contribution in [0.5, 0.6) is 0 Å². The van der Waals surface area contributed by atoms with Gasteiger partial charge in [0.1, 0.15) is 0 Å². The van der Waals surface area contributed by atoms with Gasteiger partial charge in [-0.15, -0.1) is 0 Å². The van der Waals surface area contributed by atoms with Crippen LogP contribution in [0.3, 0.4) is 0 Å². The first-order valence-electron chi connectivity index (χ1n) is 5.40. The first-order chi connectivity index (χ1) is 7.25. The van der Waals surface area contributed by atoms with E-state index >= 15 is 0 Å². The number of carbonyl (C=O) groups excluding carboxylic acids is 2. The molecule has 5 nitrogen and oxygen atoms in total. The molecule has 84 valence electrons. The normalized spacial score (nSPS) is 27.5. The number of rotatable bonds is 2. The zero-order valence-corrected chi connectivity index (χ0v) is 8.62. The van der Waals surface area contributed by atoms with Gasteiger partial charge in [0.05, 0.1) is 5.92 Å². The van der Waals surface area contributed by atoms with E-state index in [1.807, 2.05) is 0 Å². The highest BCUT2D eigenvalue weighted by Crippen LogP contribution is 2.11. The highest BCUT2D eigenvalue weighted by molar-refractivity contribution is 5.89. The lowest BCUT2D eigenvalue weighted by Crippen LogP contribution is -2.42. The minimum Gasteiger partial charge on any atom is -0.381 e. The highest BCUT2D eigenvalue weighted by atomic mass is 16.5. The van der Waals surface area contributed by atoms with Crippen LogP contribution in [0.1, 0.15) is 19.3 Å². The molecule has 2 aliphatic heterocycles. The van der Waals surface area contributed by atoms with E-state index in [2.05, 4.69) is 10.6 Å². The molecule has 0 aliphatic carbocycles. The molecular weight excluding hydrogens is 196 g/mol. The van der Waals surface area contributed by atoms with Crippen molar-refractivity contribution in [3.05, 3.63) is 0 Å². The molecular formula is C10H16N2O3. The maximum Gasteiger partial charge on any atom is 0.225 e. The zero-order chi connectivity index (χ0) is 10.7. The van der Waals surface area contributed by atoms with E-state index in [0.29, 0.717) is 26.2 Å². The van der Waals surface area contributed by atoms with E-state index in [0.717, 1.165) is 12.8 Å². The van der Waals surface area contributed by atoms with Crippen LogP contribution >= 0.6 is 0 Å². The first-order valence-corrected chi connectivity index (χ1v) is 5.40. The van der Waals surface area contributed by atoms with Crippen molar-refractivity contribution in [3.63, 3.8) is 0 Å². The summed E-state index contributed by atoms with van der Waals surface area (Å²) in [5.41, 5.74) is 0. The average Bonchev–Trinajstić information content (AvgIpc) is 2.66. The molecule has 2 amide bonds. The van der Waals surface area contributed by atoms with E-state index < -0.39 is 0 Å². The van der Waals surface area contributed by atoms with Crippen LogP contribution < -0.4 is 10.6 Å². The Balaban J connectivity index is 1.78. The summed E-state index contributed by atoms with van der Waals surface area (Å²) >= 11 is 0. The van der Waals surface area contributed by atoms with E-state index in [1.54, 1.807) is 0 Å². The van der Waals surface area contributed by atoms with Crippen molar-refractivity contribution < 1.29 is 14.3 Å². The largest absolute Gasteiger partial charge is 0.381 e. The van der Waals surface area contributed by atoms with Gasteiger partial charge in [0.25, 0.3) is 0 Å². The smallest absolute Gasteiger partial charge is 0.225 e. The number of hydrogen-bond donors (Lipinski definition) is 2. The van der Waals surface area contributed by atoms with Gasteiger partial charge in [-0.3, -0.25) is 9.59 Å². The Kier molecular flexibility index (Phi) is 3.20. The molecule has 5 heteroatoms. The van der Waals surface area contributed by atoms with Crippen molar-refractivity contribution >= 4 is 11.8 Å². The standard InChI is InChI=1S/C10H16N2O3/c13-9-5-7(6-11-9)10(14)12-8-1-3-15-4-2-8/h7-8H,1-6H2,(H,11,13)(H,12,14). The average molecular weight is 212 g/mol. The minimum absolute atomic E-state index is 0.000231.